The SMILES string of the molecule is O=C(CC(S)c1ccccc1)OCC(COC(=O)CC(S)c1ccccc1)OC(=O)CC(S)c1ccccc1. The maximum absolute atomic E-state index is 12.7. The van der Waals surface area contributed by atoms with E-state index in [1.165, 1.54) is 0 Å². The molecule has 0 aromatic heterocycles. The highest BCUT2D eigenvalue weighted by Gasteiger charge is 2.23. The van der Waals surface area contributed by atoms with Crippen LogP contribution in [0.4, 0.5) is 0 Å². The van der Waals surface area contributed by atoms with Gasteiger partial charge in [-0.25, -0.2) is 0 Å². The van der Waals surface area contributed by atoms with Gasteiger partial charge < -0.3 is 14.2 Å². The number of benzene rings is 3. The summed E-state index contributed by atoms with van der Waals surface area (Å²) >= 11 is 13.5. The number of rotatable bonds is 14. The van der Waals surface area contributed by atoms with Gasteiger partial charge in [0.2, 0.25) is 0 Å². The minimum Gasteiger partial charge on any atom is -0.462 e. The van der Waals surface area contributed by atoms with Gasteiger partial charge in [0.1, 0.15) is 13.2 Å². The fourth-order valence-corrected chi connectivity index (χ4v) is 4.66. The van der Waals surface area contributed by atoms with Crippen LogP contribution in [-0.4, -0.2) is 37.2 Å². The number of esters is 3. The lowest BCUT2D eigenvalue weighted by Crippen LogP contribution is -2.31. The third kappa shape index (κ3) is 11.0. The number of carbonyl (C=O) groups excluding carboxylic acids is 3. The van der Waals surface area contributed by atoms with Crippen LogP contribution in [0.25, 0.3) is 0 Å². The number of hydrogen-bond acceptors (Lipinski definition) is 9. The summed E-state index contributed by atoms with van der Waals surface area (Å²) in [6, 6.07) is 28.1. The largest absolute Gasteiger partial charge is 0.462 e. The standard InChI is InChI=1S/C30H32O6S3/c31-28(16-25(37)21-10-4-1-5-11-21)34-19-24(36-30(33)18-27(39)23-14-8-3-9-15-23)20-35-29(32)17-26(38)22-12-6-2-7-13-22/h1-15,24-27,37-39H,16-20H2. The zero-order valence-electron chi connectivity index (χ0n) is 21.3. The lowest BCUT2D eigenvalue weighted by molar-refractivity contribution is -0.166. The molecular formula is C30H32O6S3. The Morgan fingerprint density at radius 3 is 1.15 bits per heavy atom. The summed E-state index contributed by atoms with van der Waals surface area (Å²) in [4.78, 5) is 37.6. The normalized spacial score (nSPS) is 13.9. The number of hydrogen-bond donors (Lipinski definition) is 3. The highest BCUT2D eigenvalue weighted by atomic mass is 32.1. The Balaban J connectivity index is 1.55. The summed E-state index contributed by atoms with van der Waals surface area (Å²) in [7, 11) is 0. The van der Waals surface area contributed by atoms with Gasteiger partial charge in [-0.15, -0.1) is 0 Å². The van der Waals surface area contributed by atoms with Crippen LogP contribution in [0.2, 0.25) is 0 Å². The molecule has 0 saturated carbocycles. The van der Waals surface area contributed by atoms with Gasteiger partial charge in [-0.1, -0.05) is 91.0 Å². The van der Waals surface area contributed by atoms with Crippen molar-refractivity contribution in [1.82, 2.24) is 0 Å². The van der Waals surface area contributed by atoms with E-state index in [1.807, 2.05) is 91.0 Å². The average Bonchev–Trinajstić information content (AvgIpc) is 2.95. The molecule has 6 nitrogen and oxygen atoms in total. The molecule has 3 unspecified atom stereocenters. The molecule has 0 heterocycles. The van der Waals surface area contributed by atoms with Gasteiger partial charge in [-0.05, 0) is 16.7 Å². The van der Waals surface area contributed by atoms with Gasteiger partial charge in [0, 0.05) is 15.7 Å². The van der Waals surface area contributed by atoms with E-state index in [1.54, 1.807) is 0 Å². The summed E-state index contributed by atoms with van der Waals surface area (Å²) in [5.74, 6) is -1.58. The van der Waals surface area contributed by atoms with Crippen LogP contribution in [0.5, 0.6) is 0 Å². The molecule has 39 heavy (non-hydrogen) atoms. The molecule has 3 atom stereocenters. The van der Waals surface area contributed by atoms with Crippen molar-refractivity contribution in [2.75, 3.05) is 13.2 Å². The zero-order valence-corrected chi connectivity index (χ0v) is 24.0. The summed E-state index contributed by atoms with van der Waals surface area (Å²) in [6.07, 6.45) is -0.936. The molecule has 9 heteroatoms. The van der Waals surface area contributed by atoms with Crippen LogP contribution < -0.4 is 0 Å². The smallest absolute Gasteiger partial charge is 0.307 e. The summed E-state index contributed by atoms with van der Waals surface area (Å²) in [5.41, 5.74) is 2.64. The molecule has 0 fully saturated rings. The van der Waals surface area contributed by atoms with Gasteiger partial charge in [-0.3, -0.25) is 14.4 Å². The van der Waals surface area contributed by atoms with Crippen molar-refractivity contribution in [1.29, 1.82) is 0 Å². The lowest BCUT2D eigenvalue weighted by atomic mass is 10.1. The maximum Gasteiger partial charge on any atom is 0.307 e. The minimum atomic E-state index is -0.980. The second kappa shape index (κ2) is 16.3. The molecule has 3 aromatic carbocycles. The Labute approximate surface area is 245 Å². The molecule has 0 aliphatic heterocycles. The van der Waals surface area contributed by atoms with Crippen molar-refractivity contribution in [3.05, 3.63) is 108 Å². The van der Waals surface area contributed by atoms with Crippen LogP contribution >= 0.6 is 37.9 Å². The topological polar surface area (TPSA) is 78.9 Å². The van der Waals surface area contributed by atoms with E-state index < -0.39 is 24.0 Å². The van der Waals surface area contributed by atoms with Gasteiger partial charge in [0.05, 0.1) is 19.3 Å². The molecule has 206 valence electrons. The Hall–Kier alpha value is -2.88. The van der Waals surface area contributed by atoms with Gasteiger partial charge >= 0.3 is 17.9 Å². The molecule has 0 spiro atoms. The molecule has 0 saturated heterocycles. The number of carbonyl (C=O) groups is 3. The predicted molar refractivity (Wildman–Crippen MR) is 160 cm³/mol. The van der Waals surface area contributed by atoms with Crippen LogP contribution in [-0.2, 0) is 28.6 Å². The second-order valence-electron chi connectivity index (χ2n) is 8.87. The first-order chi connectivity index (χ1) is 18.8. The van der Waals surface area contributed by atoms with E-state index in [2.05, 4.69) is 37.9 Å². The van der Waals surface area contributed by atoms with E-state index in [-0.39, 0.29) is 48.2 Å². The first-order valence-corrected chi connectivity index (χ1v) is 14.1. The van der Waals surface area contributed by atoms with E-state index in [4.69, 9.17) is 14.2 Å². The highest BCUT2D eigenvalue weighted by molar-refractivity contribution is 7.80. The quantitative estimate of drug-likeness (QED) is 0.120. The van der Waals surface area contributed by atoms with E-state index in [0.717, 1.165) is 16.7 Å². The fourth-order valence-electron chi connectivity index (χ4n) is 3.69. The molecule has 0 radical (unpaired) electrons. The zero-order chi connectivity index (χ0) is 28.0. The Morgan fingerprint density at radius 1 is 0.513 bits per heavy atom. The summed E-state index contributed by atoms with van der Waals surface area (Å²) < 4.78 is 16.3. The van der Waals surface area contributed by atoms with Crippen molar-refractivity contribution in [3.63, 3.8) is 0 Å². The van der Waals surface area contributed by atoms with Gasteiger partial charge in [-0.2, -0.15) is 37.9 Å². The highest BCUT2D eigenvalue weighted by Crippen LogP contribution is 2.26. The van der Waals surface area contributed by atoms with Crippen molar-refractivity contribution < 1.29 is 28.6 Å². The number of ether oxygens (including phenoxy) is 3. The number of thiol groups is 3. The molecule has 0 N–H and O–H groups in total. The first-order valence-electron chi connectivity index (χ1n) is 12.5. The predicted octanol–water partition coefficient (Wildman–Crippen LogP) is 6.17. The van der Waals surface area contributed by atoms with Crippen molar-refractivity contribution in [2.45, 2.75) is 41.1 Å². The molecule has 0 bridgehead atoms. The first kappa shape index (κ1) is 30.7. The molecule has 3 rings (SSSR count). The van der Waals surface area contributed by atoms with Crippen LogP contribution in [0.15, 0.2) is 91.0 Å². The minimum absolute atomic E-state index is 0.00897. The van der Waals surface area contributed by atoms with Crippen molar-refractivity contribution >= 4 is 55.8 Å². The van der Waals surface area contributed by atoms with Crippen LogP contribution in [0.1, 0.15) is 51.7 Å². The summed E-state index contributed by atoms with van der Waals surface area (Å²) in [5, 5.41) is -1.08. The van der Waals surface area contributed by atoms with E-state index >= 15 is 0 Å². The molecule has 0 aliphatic carbocycles. The third-order valence-electron chi connectivity index (χ3n) is 5.79. The Bertz CT molecular complexity index is 1110. The maximum atomic E-state index is 12.7. The second-order valence-corrected chi connectivity index (χ2v) is 10.7. The molecular weight excluding hydrogens is 553 g/mol. The van der Waals surface area contributed by atoms with Crippen molar-refractivity contribution in [2.24, 2.45) is 0 Å². The van der Waals surface area contributed by atoms with Gasteiger partial charge in [0.15, 0.2) is 6.10 Å². The monoisotopic (exact) mass is 584 g/mol. The lowest BCUT2D eigenvalue weighted by Gasteiger charge is -2.20. The molecule has 0 aliphatic rings. The van der Waals surface area contributed by atoms with Crippen LogP contribution in [0.3, 0.4) is 0 Å². The Morgan fingerprint density at radius 2 is 0.821 bits per heavy atom. The average molecular weight is 585 g/mol. The molecule has 3 aromatic rings. The van der Waals surface area contributed by atoms with Crippen LogP contribution in [0, 0.1) is 0 Å². The third-order valence-corrected chi connectivity index (χ3v) is 7.23. The van der Waals surface area contributed by atoms with E-state index in [0.29, 0.717) is 0 Å². The fraction of sp³-hybridized carbons (Fsp3) is 0.300. The Kier molecular flexibility index (Phi) is 12.8. The van der Waals surface area contributed by atoms with Crippen molar-refractivity contribution in [3.8, 4) is 0 Å². The van der Waals surface area contributed by atoms with Gasteiger partial charge in [0.25, 0.3) is 0 Å². The molecule has 0 amide bonds. The summed E-state index contributed by atoms with van der Waals surface area (Å²) in [6.45, 7) is -0.530. The van der Waals surface area contributed by atoms with E-state index in [9.17, 15) is 14.4 Å².